The SMILES string of the molecule is O=C(c1ccc(Br)cc1O)N1CCC(CCCl)C1. The summed E-state index contributed by atoms with van der Waals surface area (Å²) in [5.41, 5.74) is 0.365. The topological polar surface area (TPSA) is 40.5 Å². The zero-order valence-corrected chi connectivity index (χ0v) is 12.2. The van der Waals surface area contributed by atoms with Gasteiger partial charge in [0, 0.05) is 23.4 Å². The standard InChI is InChI=1S/C13H15BrClNO2/c14-10-1-2-11(12(17)7-10)13(18)16-6-4-9(8-16)3-5-15/h1-2,7,9,17H,3-6,8H2. The zero-order valence-electron chi connectivity index (χ0n) is 9.90. The molecule has 1 heterocycles. The lowest BCUT2D eigenvalue weighted by Crippen LogP contribution is -2.28. The first-order valence-electron chi connectivity index (χ1n) is 5.95. The van der Waals surface area contributed by atoms with Gasteiger partial charge in [0.25, 0.3) is 5.91 Å². The van der Waals surface area contributed by atoms with Gasteiger partial charge in [-0.05, 0) is 37.0 Å². The van der Waals surface area contributed by atoms with Gasteiger partial charge in [-0.1, -0.05) is 15.9 Å². The zero-order chi connectivity index (χ0) is 13.1. The number of halogens is 2. The number of aromatic hydroxyl groups is 1. The highest BCUT2D eigenvalue weighted by Crippen LogP contribution is 2.27. The number of nitrogens with zero attached hydrogens (tertiary/aromatic N) is 1. The molecule has 1 atom stereocenters. The molecule has 3 nitrogen and oxygen atoms in total. The van der Waals surface area contributed by atoms with E-state index in [1.807, 2.05) is 0 Å². The number of carbonyl (C=O) groups excluding carboxylic acids is 1. The van der Waals surface area contributed by atoms with Gasteiger partial charge in [-0.2, -0.15) is 0 Å². The number of benzene rings is 1. The van der Waals surface area contributed by atoms with Crippen molar-refractivity contribution < 1.29 is 9.90 Å². The van der Waals surface area contributed by atoms with E-state index in [9.17, 15) is 9.90 Å². The minimum Gasteiger partial charge on any atom is -0.507 e. The Balaban J connectivity index is 2.08. The van der Waals surface area contributed by atoms with Gasteiger partial charge in [-0.15, -0.1) is 11.6 Å². The van der Waals surface area contributed by atoms with Gasteiger partial charge in [-0.3, -0.25) is 4.79 Å². The van der Waals surface area contributed by atoms with Crippen molar-refractivity contribution in [1.82, 2.24) is 4.90 Å². The lowest BCUT2D eigenvalue weighted by molar-refractivity contribution is 0.0784. The Hall–Kier alpha value is -0.740. The van der Waals surface area contributed by atoms with Gasteiger partial charge < -0.3 is 10.0 Å². The van der Waals surface area contributed by atoms with Crippen molar-refractivity contribution in [2.75, 3.05) is 19.0 Å². The number of phenolic OH excluding ortho intramolecular Hbond substituents is 1. The molecule has 1 N–H and O–H groups in total. The summed E-state index contributed by atoms with van der Waals surface area (Å²) >= 11 is 8.98. The molecule has 1 aliphatic heterocycles. The molecule has 2 rings (SSSR count). The smallest absolute Gasteiger partial charge is 0.257 e. The summed E-state index contributed by atoms with van der Waals surface area (Å²) in [4.78, 5) is 14.0. The highest BCUT2D eigenvalue weighted by atomic mass is 79.9. The number of rotatable bonds is 3. The second-order valence-corrected chi connectivity index (χ2v) is 5.84. The molecular weight excluding hydrogens is 318 g/mol. The molecule has 5 heteroatoms. The minimum atomic E-state index is -0.0999. The number of carbonyl (C=O) groups is 1. The third-order valence-electron chi connectivity index (χ3n) is 3.28. The van der Waals surface area contributed by atoms with E-state index >= 15 is 0 Å². The molecule has 1 aliphatic rings. The number of alkyl halides is 1. The van der Waals surface area contributed by atoms with Crippen LogP contribution in [0.4, 0.5) is 0 Å². The van der Waals surface area contributed by atoms with E-state index in [1.54, 1.807) is 23.1 Å². The van der Waals surface area contributed by atoms with Crippen molar-refractivity contribution in [1.29, 1.82) is 0 Å². The summed E-state index contributed by atoms with van der Waals surface area (Å²) in [6.07, 6.45) is 1.94. The first-order valence-corrected chi connectivity index (χ1v) is 7.28. The Morgan fingerprint density at radius 1 is 1.56 bits per heavy atom. The molecule has 1 amide bonds. The molecule has 0 saturated carbocycles. The second-order valence-electron chi connectivity index (χ2n) is 4.54. The van der Waals surface area contributed by atoms with Crippen molar-refractivity contribution in [3.8, 4) is 5.75 Å². The van der Waals surface area contributed by atoms with Gasteiger partial charge in [0.05, 0.1) is 5.56 Å². The molecule has 0 bridgehead atoms. The number of phenols is 1. The average molecular weight is 333 g/mol. The Morgan fingerprint density at radius 2 is 2.33 bits per heavy atom. The van der Waals surface area contributed by atoms with E-state index in [4.69, 9.17) is 11.6 Å². The lowest BCUT2D eigenvalue weighted by Gasteiger charge is -2.17. The van der Waals surface area contributed by atoms with Crippen LogP contribution in [0.1, 0.15) is 23.2 Å². The normalized spacial score (nSPS) is 19.2. The lowest BCUT2D eigenvalue weighted by atomic mass is 10.1. The quantitative estimate of drug-likeness (QED) is 0.863. The fourth-order valence-electron chi connectivity index (χ4n) is 2.26. The number of hydrogen-bond donors (Lipinski definition) is 1. The molecule has 0 spiro atoms. The van der Waals surface area contributed by atoms with Crippen molar-refractivity contribution in [3.63, 3.8) is 0 Å². The Kier molecular flexibility index (Phi) is 4.51. The molecule has 1 unspecified atom stereocenters. The monoisotopic (exact) mass is 331 g/mol. The molecule has 1 fully saturated rings. The number of hydrogen-bond acceptors (Lipinski definition) is 2. The Bertz CT molecular complexity index is 453. The van der Waals surface area contributed by atoms with Crippen LogP contribution in [-0.4, -0.2) is 34.9 Å². The Morgan fingerprint density at radius 3 is 3.00 bits per heavy atom. The van der Waals surface area contributed by atoms with Gasteiger partial charge in [0.1, 0.15) is 5.75 Å². The summed E-state index contributed by atoms with van der Waals surface area (Å²) < 4.78 is 0.762. The first kappa shape index (κ1) is 13.7. The second kappa shape index (κ2) is 5.93. The van der Waals surface area contributed by atoms with Crippen molar-refractivity contribution in [2.45, 2.75) is 12.8 Å². The molecule has 98 valence electrons. The fraction of sp³-hybridized carbons (Fsp3) is 0.462. The van der Waals surface area contributed by atoms with Crippen molar-refractivity contribution in [3.05, 3.63) is 28.2 Å². The molecule has 1 aromatic carbocycles. The fourth-order valence-corrected chi connectivity index (χ4v) is 2.92. The van der Waals surface area contributed by atoms with Crippen LogP contribution in [0.25, 0.3) is 0 Å². The molecule has 0 radical (unpaired) electrons. The van der Waals surface area contributed by atoms with Crippen LogP contribution < -0.4 is 0 Å². The predicted octanol–water partition coefficient (Wildman–Crippen LogP) is 3.25. The third-order valence-corrected chi connectivity index (χ3v) is 3.99. The van der Waals surface area contributed by atoms with Crippen LogP contribution in [0.3, 0.4) is 0 Å². The maximum Gasteiger partial charge on any atom is 0.257 e. The Labute approximate surface area is 120 Å². The van der Waals surface area contributed by atoms with Crippen LogP contribution >= 0.6 is 27.5 Å². The molecule has 1 saturated heterocycles. The molecule has 18 heavy (non-hydrogen) atoms. The summed E-state index contributed by atoms with van der Waals surface area (Å²) in [5.74, 6) is 1.05. The molecule has 0 aromatic heterocycles. The summed E-state index contributed by atoms with van der Waals surface area (Å²) in [6, 6.07) is 4.95. The van der Waals surface area contributed by atoms with Crippen LogP contribution in [0, 0.1) is 5.92 Å². The predicted molar refractivity (Wildman–Crippen MR) is 75.2 cm³/mol. The number of likely N-dealkylation sites (tertiary alicyclic amines) is 1. The molecule has 1 aromatic rings. The van der Waals surface area contributed by atoms with E-state index in [0.717, 1.165) is 30.4 Å². The van der Waals surface area contributed by atoms with Crippen LogP contribution in [-0.2, 0) is 0 Å². The van der Waals surface area contributed by atoms with Crippen LogP contribution in [0.2, 0.25) is 0 Å². The highest BCUT2D eigenvalue weighted by molar-refractivity contribution is 9.10. The summed E-state index contributed by atoms with van der Waals surface area (Å²) in [6.45, 7) is 1.48. The van der Waals surface area contributed by atoms with E-state index < -0.39 is 0 Å². The first-order chi connectivity index (χ1) is 8.61. The highest BCUT2D eigenvalue weighted by Gasteiger charge is 2.27. The van der Waals surface area contributed by atoms with E-state index in [2.05, 4.69) is 15.9 Å². The largest absolute Gasteiger partial charge is 0.507 e. The van der Waals surface area contributed by atoms with E-state index in [0.29, 0.717) is 17.4 Å². The van der Waals surface area contributed by atoms with Gasteiger partial charge in [0.15, 0.2) is 0 Å². The van der Waals surface area contributed by atoms with Gasteiger partial charge in [0.2, 0.25) is 0 Å². The van der Waals surface area contributed by atoms with Gasteiger partial charge in [-0.25, -0.2) is 0 Å². The molecule has 0 aliphatic carbocycles. The van der Waals surface area contributed by atoms with Crippen molar-refractivity contribution in [2.24, 2.45) is 5.92 Å². The van der Waals surface area contributed by atoms with Gasteiger partial charge >= 0.3 is 0 Å². The summed E-state index contributed by atoms with van der Waals surface area (Å²) in [5, 5.41) is 9.79. The van der Waals surface area contributed by atoms with E-state index in [1.165, 1.54) is 0 Å². The van der Waals surface area contributed by atoms with E-state index in [-0.39, 0.29) is 11.7 Å². The minimum absolute atomic E-state index is 0.0233. The average Bonchev–Trinajstić information content (AvgIpc) is 2.77. The van der Waals surface area contributed by atoms with Crippen LogP contribution in [0.5, 0.6) is 5.75 Å². The summed E-state index contributed by atoms with van der Waals surface area (Å²) in [7, 11) is 0. The third kappa shape index (κ3) is 2.98. The maximum atomic E-state index is 12.2. The van der Waals surface area contributed by atoms with Crippen LogP contribution in [0.15, 0.2) is 22.7 Å². The van der Waals surface area contributed by atoms with Crippen molar-refractivity contribution >= 4 is 33.4 Å². The number of amides is 1. The molecular formula is C13H15BrClNO2. The maximum absolute atomic E-state index is 12.2.